The summed E-state index contributed by atoms with van der Waals surface area (Å²) in [6, 6.07) is 9.97. The van der Waals surface area contributed by atoms with Crippen LogP contribution in [0.2, 0.25) is 0 Å². The maximum absolute atomic E-state index is 11.7. The predicted molar refractivity (Wildman–Crippen MR) is 70.1 cm³/mol. The molecule has 0 radical (unpaired) electrons. The zero-order valence-corrected chi connectivity index (χ0v) is 10.9. The third kappa shape index (κ3) is 2.88. The third-order valence-electron chi connectivity index (χ3n) is 3.52. The van der Waals surface area contributed by atoms with E-state index in [1.54, 1.807) is 0 Å². The van der Waals surface area contributed by atoms with Crippen molar-refractivity contribution in [1.29, 1.82) is 0 Å². The number of carbonyl (C=O) groups is 1. The van der Waals surface area contributed by atoms with E-state index < -0.39 is 0 Å². The number of nitrogens with zero attached hydrogens (tertiary/aromatic N) is 1. The molecule has 1 aliphatic rings. The van der Waals surface area contributed by atoms with E-state index >= 15 is 0 Å². The summed E-state index contributed by atoms with van der Waals surface area (Å²) in [4.78, 5) is 13.9. The van der Waals surface area contributed by atoms with E-state index in [9.17, 15) is 4.79 Å². The maximum Gasteiger partial charge on any atom is 0.243 e. The number of carbonyl (C=O) groups excluding carboxylic acids is 1. The Hall–Kier alpha value is -0.860. The molecule has 0 amide bonds. The number of likely N-dealkylation sites (tertiary alicyclic amines) is 1. The summed E-state index contributed by atoms with van der Waals surface area (Å²) in [7, 11) is 0. The second kappa shape index (κ2) is 5.65. The first-order valence-electron chi connectivity index (χ1n) is 6.20. The van der Waals surface area contributed by atoms with Crippen molar-refractivity contribution in [3.63, 3.8) is 0 Å². The molecule has 1 heterocycles. The van der Waals surface area contributed by atoms with Gasteiger partial charge in [0.2, 0.25) is 5.24 Å². The summed E-state index contributed by atoms with van der Waals surface area (Å²) in [6.07, 6.45) is 3.54. The van der Waals surface area contributed by atoms with Crippen molar-refractivity contribution in [2.24, 2.45) is 0 Å². The van der Waals surface area contributed by atoms with Gasteiger partial charge in [-0.15, -0.1) is 0 Å². The van der Waals surface area contributed by atoms with E-state index in [0.717, 1.165) is 24.9 Å². The lowest BCUT2D eigenvalue weighted by Gasteiger charge is -2.38. The molecule has 92 valence electrons. The molecule has 1 saturated heterocycles. The molecule has 17 heavy (non-hydrogen) atoms. The fourth-order valence-corrected chi connectivity index (χ4v) is 2.84. The summed E-state index contributed by atoms with van der Waals surface area (Å²) in [6.45, 7) is 3.13. The zero-order chi connectivity index (χ0) is 12.3. The van der Waals surface area contributed by atoms with Crippen LogP contribution in [0.25, 0.3) is 0 Å². The molecule has 0 bridgehead atoms. The average Bonchev–Trinajstić information content (AvgIpc) is 2.33. The molecule has 3 heteroatoms. The molecule has 1 fully saturated rings. The summed E-state index contributed by atoms with van der Waals surface area (Å²) >= 11 is 5.80. The molecule has 0 aromatic heterocycles. The topological polar surface area (TPSA) is 20.3 Å². The van der Waals surface area contributed by atoms with Crippen molar-refractivity contribution in [1.82, 2.24) is 4.90 Å². The van der Waals surface area contributed by atoms with Gasteiger partial charge in [0, 0.05) is 6.04 Å². The van der Waals surface area contributed by atoms with Crippen LogP contribution in [0, 0.1) is 0 Å². The van der Waals surface area contributed by atoms with E-state index in [-0.39, 0.29) is 11.3 Å². The molecule has 0 saturated carbocycles. The summed E-state index contributed by atoms with van der Waals surface area (Å²) < 4.78 is 0. The minimum atomic E-state index is -0.284. The minimum Gasteiger partial charge on any atom is -0.286 e. The first-order valence-corrected chi connectivity index (χ1v) is 6.58. The van der Waals surface area contributed by atoms with Crippen molar-refractivity contribution < 1.29 is 4.79 Å². The highest BCUT2D eigenvalue weighted by molar-refractivity contribution is 6.64. The third-order valence-corrected chi connectivity index (χ3v) is 3.72. The quantitative estimate of drug-likeness (QED) is 0.768. The number of hydrogen-bond donors (Lipinski definition) is 0. The largest absolute Gasteiger partial charge is 0.286 e. The Balaban J connectivity index is 2.26. The second-order valence-corrected chi connectivity index (χ2v) is 5.07. The monoisotopic (exact) mass is 251 g/mol. The number of hydrogen-bond acceptors (Lipinski definition) is 2. The zero-order valence-electron chi connectivity index (χ0n) is 10.1. The number of piperidine rings is 1. The van der Waals surface area contributed by atoms with Gasteiger partial charge in [-0.2, -0.15) is 0 Å². The Kier molecular flexibility index (Phi) is 4.19. The standard InChI is InChI=1S/C14H18ClNO/c1-11-7-5-6-10-16(11)13(14(15)17)12-8-3-2-4-9-12/h2-4,8-9,11,13H,5-7,10H2,1H3. The lowest BCUT2D eigenvalue weighted by atomic mass is 9.98. The van der Waals surface area contributed by atoms with Crippen LogP contribution in [0.3, 0.4) is 0 Å². The molecule has 0 N–H and O–H groups in total. The highest BCUT2D eigenvalue weighted by Gasteiger charge is 2.31. The summed E-state index contributed by atoms with van der Waals surface area (Å²) in [5.74, 6) is 0. The highest BCUT2D eigenvalue weighted by Crippen LogP contribution is 2.30. The maximum atomic E-state index is 11.7. The van der Waals surface area contributed by atoms with Gasteiger partial charge in [0.1, 0.15) is 6.04 Å². The van der Waals surface area contributed by atoms with E-state index in [1.807, 2.05) is 30.3 Å². The van der Waals surface area contributed by atoms with Gasteiger partial charge in [-0.1, -0.05) is 36.8 Å². The second-order valence-electron chi connectivity index (χ2n) is 4.70. The fourth-order valence-electron chi connectivity index (χ4n) is 2.59. The van der Waals surface area contributed by atoms with Crippen LogP contribution in [0.4, 0.5) is 0 Å². The van der Waals surface area contributed by atoms with Gasteiger partial charge in [-0.05, 0) is 43.5 Å². The van der Waals surface area contributed by atoms with Crippen molar-refractivity contribution >= 4 is 16.8 Å². The van der Waals surface area contributed by atoms with Crippen LogP contribution in [-0.4, -0.2) is 22.7 Å². The lowest BCUT2D eigenvalue weighted by molar-refractivity contribution is -0.118. The van der Waals surface area contributed by atoms with E-state index in [1.165, 1.54) is 6.42 Å². The first kappa shape index (κ1) is 12.6. The molecule has 1 aliphatic heterocycles. The van der Waals surface area contributed by atoms with Gasteiger partial charge in [0.15, 0.2) is 0 Å². The van der Waals surface area contributed by atoms with Crippen molar-refractivity contribution in [2.75, 3.05) is 6.54 Å². The Labute approximate surface area is 108 Å². The van der Waals surface area contributed by atoms with Crippen LogP contribution < -0.4 is 0 Å². The van der Waals surface area contributed by atoms with Crippen molar-refractivity contribution in [2.45, 2.75) is 38.3 Å². The van der Waals surface area contributed by atoms with E-state index in [0.29, 0.717) is 6.04 Å². The number of benzene rings is 1. The predicted octanol–water partition coefficient (Wildman–Crippen LogP) is 3.37. The van der Waals surface area contributed by atoms with Gasteiger partial charge >= 0.3 is 0 Å². The smallest absolute Gasteiger partial charge is 0.243 e. The Morgan fingerprint density at radius 3 is 2.65 bits per heavy atom. The molecule has 0 spiro atoms. The SMILES string of the molecule is CC1CCCCN1C(C(=O)Cl)c1ccccc1. The summed E-state index contributed by atoms with van der Waals surface area (Å²) in [5, 5.41) is -0.273. The van der Waals surface area contributed by atoms with Gasteiger partial charge < -0.3 is 0 Å². The molecule has 1 aromatic carbocycles. The molecular weight excluding hydrogens is 234 g/mol. The Morgan fingerprint density at radius 1 is 1.35 bits per heavy atom. The Morgan fingerprint density at radius 2 is 2.06 bits per heavy atom. The Bertz CT molecular complexity index is 379. The molecule has 1 aromatic rings. The van der Waals surface area contributed by atoms with Crippen molar-refractivity contribution in [3.8, 4) is 0 Å². The van der Waals surface area contributed by atoms with Crippen LogP contribution in [0.5, 0.6) is 0 Å². The van der Waals surface area contributed by atoms with E-state index in [4.69, 9.17) is 11.6 Å². The van der Waals surface area contributed by atoms with Gasteiger partial charge in [-0.25, -0.2) is 0 Å². The number of halogens is 1. The first-order chi connectivity index (χ1) is 8.20. The van der Waals surface area contributed by atoms with Crippen LogP contribution >= 0.6 is 11.6 Å². The minimum absolute atomic E-state index is 0.273. The number of rotatable bonds is 3. The van der Waals surface area contributed by atoms with E-state index in [2.05, 4.69) is 11.8 Å². The molecular formula is C14H18ClNO. The molecule has 2 rings (SSSR count). The van der Waals surface area contributed by atoms with Gasteiger partial charge in [0.25, 0.3) is 0 Å². The highest BCUT2D eigenvalue weighted by atomic mass is 35.5. The molecule has 2 nitrogen and oxygen atoms in total. The summed E-state index contributed by atoms with van der Waals surface area (Å²) in [5.41, 5.74) is 1.00. The molecule has 2 atom stereocenters. The van der Waals surface area contributed by atoms with Crippen LogP contribution in [0.1, 0.15) is 37.8 Å². The fraction of sp³-hybridized carbons (Fsp3) is 0.500. The van der Waals surface area contributed by atoms with Gasteiger partial charge in [0.05, 0.1) is 0 Å². The lowest BCUT2D eigenvalue weighted by Crippen LogP contribution is -2.42. The molecule has 0 aliphatic carbocycles. The molecule has 2 unspecified atom stereocenters. The normalized spacial score (nSPS) is 23.3. The van der Waals surface area contributed by atoms with Crippen molar-refractivity contribution in [3.05, 3.63) is 35.9 Å². The van der Waals surface area contributed by atoms with Gasteiger partial charge in [-0.3, -0.25) is 9.69 Å². The van der Waals surface area contributed by atoms with Crippen LogP contribution in [0.15, 0.2) is 30.3 Å². The van der Waals surface area contributed by atoms with Crippen LogP contribution in [-0.2, 0) is 4.79 Å². The average molecular weight is 252 g/mol.